The normalized spacial score (nSPS) is 13.2. The summed E-state index contributed by atoms with van der Waals surface area (Å²) in [5, 5.41) is 0. The molecule has 22 heavy (non-hydrogen) atoms. The Morgan fingerprint density at radius 1 is 1.05 bits per heavy atom. The highest BCUT2D eigenvalue weighted by molar-refractivity contribution is 6.04. The fraction of sp³-hybridized carbons (Fsp3) is 0.529. The van der Waals surface area contributed by atoms with Crippen molar-refractivity contribution in [3.63, 3.8) is 0 Å². The highest BCUT2D eigenvalue weighted by Crippen LogP contribution is 2.16. The third kappa shape index (κ3) is 5.15. The van der Waals surface area contributed by atoms with E-state index in [1.165, 1.54) is 0 Å². The van der Waals surface area contributed by atoms with Gasteiger partial charge in [-0.3, -0.25) is 0 Å². The van der Waals surface area contributed by atoms with E-state index in [0.29, 0.717) is 6.42 Å². The van der Waals surface area contributed by atoms with Gasteiger partial charge in [-0.2, -0.15) is 0 Å². The molecule has 0 aliphatic heterocycles. The Bertz CT molecular complexity index is 475. The minimum Gasteiger partial charge on any atom is -0.464 e. The Morgan fingerprint density at radius 3 is 2.27 bits per heavy atom. The monoisotopic (exact) mass is 307 g/mol. The molecule has 1 atom stereocenters. The minimum absolute atomic E-state index is 0.0879. The van der Waals surface area contributed by atoms with Crippen LogP contribution in [0.15, 0.2) is 30.3 Å². The van der Waals surface area contributed by atoms with Crippen molar-refractivity contribution in [1.29, 1.82) is 0 Å². The number of esters is 2. The molecule has 122 valence electrons. The molecule has 0 bridgehead atoms. The molecule has 0 spiro atoms. The lowest BCUT2D eigenvalue weighted by molar-refractivity contribution is -0.165. The van der Waals surface area contributed by atoms with Crippen LogP contribution in [0, 0.1) is 0 Å². The van der Waals surface area contributed by atoms with Crippen LogP contribution in [-0.2, 0) is 25.7 Å². The molecule has 1 aromatic rings. The molecule has 0 aliphatic carbocycles. The van der Waals surface area contributed by atoms with E-state index in [9.17, 15) is 9.59 Å². The zero-order chi connectivity index (χ0) is 16.4. The molecule has 0 aliphatic rings. The smallest absolute Gasteiger partial charge is 0.338 e. The Balaban J connectivity index is 2.66. The van der Waals surface area contributed by atoms with E-state index < -0.39 is 17.5 Å². The first-order chi connectivity index (χ1) is 10.5. The quantitative estimate of drug-likeness (QED) is 0.431. The van der Waals surface area contributed by atoms with Crippen LogP contribution < -0.4 is 5.73 Å². The van der Waals surface area contributed by atoms with Crippen molar-refractivity contribution in [3.8, 4) is 0 Å². The van der Waals surface area contributed by atoms with Gasteiger partial charge in [-0.05, 0) is 18.4 Å². The van der Waals surface area contributed by atoms with Crippen molar-refractivity contribution in [2.24, 2.45) is 5.73 Å². The van der Waals surface area contributed by atoms with Crippen molar-refractivity contribution in [2.45, 2.75) is 51.7 Å². The minimum atomic E-state index is -1.72. The third-order valence-corrected chi connectivity index (χ3v) is 3.32. The first-order valence-electron chi connectivity index (χ1n) is 7.71. The largest absolute Gasteiger partial charge is 0.464 e. The molecular weight excluding hydrogens is 282 g/mol. The van der Waals surface area contributed by atoms with Crippen molar-refractivity contribution >= 4 is 11.9 Å². The average Bonchev–Trinajstić information content (AvgIpc) is 2.53. The van der Waals surface area contributed by atoms with E-state index in [0.717, 1.165) is 18.4 Å². The highest BCUT2D eigenvalue weighted by atomic mass is 16.6. The van der Waals surface area contributed by atoms with Gasteiger partial charge in [0, 0.05) is 0 Å². The van der Waals surface area contributed by atoms with Crippen LogP contribution in [0.2, 0.25) is 0 Å². The molecule has 5 heteroatoms. The standard InChI is InChI=1S/C17H25NO4/c1-3-5-12-21-15(19)17(18,11-4-2)16(20)22-13-14-9-7-6-8-10-14/h6-10H,3-5,11-13,18H2,1-2H3. The molecular formula is C17H25NO4. The summed E-state index contributed by atoms with van der Waals surface area (Å²) in [6.45, 7) is 4.20. The molecule has 0 heterocycles. The molecule has 1 unspecified atom stereocenters. The van der Waals surface area contributed by atoms with Crippen LogP contribution in [0.3, 0.4) is 0 Å². The molecule has 1 rings (SSSR count). The van der Waals surface area contributed by atoms with Crippen molar-refractivity contribution in [3.05, 3.63) is 35.9 Å². The maximum Gasteiger partial charge on any atom is 0.338 e. The maximum atomic E-state index is 12.3. The third-order valence-electron chi connectivity index (χ3n) is 3.32. The molecule has 0 aromatic heterocycles. The van der Waals surface area contributed by atoms with Gasteiger partial charge in [-0.25, -0.2) is 9.59 Å². The van der Waals surface area contributed by atoms with Crippen LogP contribution >= 0.6 is 0 Å². The number of hydrogen-bond acceptors (Lipinski definition) is 5. The Kier molecular flexibility index (Phi) is 7.60. The lowest BCUT2D eigenvalue weighted by atomic mass is 9.95. The Labute approximate surface area is 131 Å². The van der Waals surface area contributed by atoms with Crippen LogP contribution in [0.5, 0.6) is 0 Å². The molecule has 0 saturated carbocycles. The second-order valence-corrected chi connectivity index (χ2v) is 5.27. The van der Waals surface area contributed by atoms with Gasteiger partial charge < -0.3 is 15.2 Å². The van der Waals surface area contributed by atoms with E-state index in [4.69, 9.17) is 15.2 Å². The summed E-state index contributed by atoms with van der Waals surface area (Å²) in [6.07, 6.45) is 2.43. The first kappa shape index (κ1) is 18.2. The van der Waals surface area contributed by atoms with Crippen LogP contribution in [0.25, 0.3) is 0 Å². The lowest BCUT2D eigenvalue weighted by Gasteiger charge is -2.24. The molecule has 0 fully saturated rings. The van der Waals surface area contributed by atoms with Gasteiger partial charge in [0.15, 0.2) is 0 Å². The predicted octanol–water partition coefficient (Wildman–Crippen LogP) is 2.57. The van der Waals surface area contributed by atoms with E-state index in [1.54, 1.807) is 0 Å². The average molecular weight is 307 g/mol. The number of carbonyl (C=O) groups excluding carboxylic acids is 2. The zero-order valence-corrected chi connectivity index (χ0v) is 13.3. The molecule has 0 radical (unpaired) electrons. The Morgan fingerprint density at radius 2 is 1.68 bits per heavy atom. The fourth-order valence-corrected chi connectivity index (χ4v) is 1.97. The van der Waals surface area contributed by atoms with Gasteiger partial charge in [-0.1, -0.05) is 57.0 Å². The summed E-state index contributed by atoms with van der Waals surface area (Å²) in [5.41, 5.74) is 5.11. The summed E-state index contributed by atoms with van der Waals surface area (Å²) < 4.78 is 10.3. The summed E-state index contributed by atoms with van der Waals surface area (Å²) in [4.78, 5) is 24.4. The van der Waals surface area contributed by atoms with Gasteiger partial charge >= 0.3 is 11.9 Å². The second-order valence-electron chi connectivity index (χ2n) is 5.27. The summed E-state index contributed by atoms with van der Waals surface area (Å²) >= 11 is 0. The summed E-state index contributed by atoms with van der Waals surface area (Å²) in [5.74, 6) is -1.44. The Hall–Kier alpha value is -1.88. The SMILES string of the molecule is CCCCOC(=O)C(N)(CCC)C(=O)OCc1ccccc1. The summed E-state index contributed by atoms with van der Waals surface area (Å²) in [6, 6.07) is 9.25. The zero-order valence-electron chi connectivity index (χ0n) is 13.3. The van der Waals surface area contributed by atoms with Gasteiger partial charge in [0.05, 0.1) is 6.61 Å². The molecule has 0 saturated heterocycles. The number of hydrogen-bond donors (Lipinski definition) is 1. The van der Waals surface area contributed by atoms with Crippen LogP contribution in [0.4, 0.5) is 0 Å². The number of rotatable bonds is 9. The number of benzene rings is 1. The summed E-state index contributed by atoms with van der Waals surface area (Å²) in [7, 11) is 0. The van der Waals surface area contributed by atoms with Crippen molar-refractivity contribution in [2.75, 3.05) is 6.61 Å². The predicted molar refractivity (Wildman–Crippen MR) is 83.9 cm³/mol. The van der Waals surface area contributed by atoms with E-state index in [2.05, 4.69) is 0 Å². The molecule has 1 aromatic carbocycles. The topological polar surface area (TPSA) is 78.6 Å². The lowest BCUT2D eigenvalue weighted by Crippen LogP contribution is -2.56. The van der Waals surface area contributed by atoms with E-state index in [-0.39, 0.29) is 19.6 Å². The van der Waals surface area contributed by atoms with Gasteiger partial charge in [0.2, 0.25) is 5.54 Å². The first-order valence-corrected chi connectivity index (χ1v) is 7.71. The van der Waals surface area contributed by atoms with Gasteiger partial charge in [-0.15, -0.1) is 0 Å². The van der Waals surface area contributed by atoms with Crippen LogP contribution in [0.1, 0.15) is 45.1 Å². The van der Waals surface area contributed by atoms with Gasteiger partial charge in [0.1, 0.15) is 6.61 Å². The number of carbonyl (C=O) groups is 2. The highest BCUT2D eigenvalue weighted by Gasteiger charge is 2.44. The van der Waals surface area contributed by atoms with Crippen molar-refractivity contribution < 1.29 is 19.1 Å². The van der Waals surface area contributed by atoms with Crippen LogP contribution in [-0.4, -0.2) is 24.1 Å². The molecule has 5 nitrogen and oxygen atoms in total. The second kappa shape index (κ2) is 9.20. The molecule has 0 amide bonds. The van der Waals surface area contributed by atoms with Crippen molar-refractivity contribution in [1.82, 2.24) is 0 Å². The molecule has 2 N–H and O–H groups in total. The van der Waals surface area contributed by atoms with E-state index in [1.807, 2.05) is 44.2 Å². The van der Waals surface area contributed by atoms with Gasteiger partial charge in [0.25, 0.3) is 0 Å². The number of ether oxygens (including phenoxy) is 2. The fourth-order valence-electron chi connectivity index (χ4n) is 1.97. The number of nitrogens with two attached hydrogens (primary N) is 1. The number of unbranched alkanes of at least 4 members (excludes halogenated alkanes) is 1. The maximum absolute atomic E-state index is 12.3. The van der Waals surface area contributed by atoms with E-state index >= 15 is 0 Å².